The molecular weight excluding hydrogens is 368 g/mol. The normalized spacial score (nSPS) is 10.9. The van der Waals surface area contributed by atoms with Crippen LogP contribution >= 0.6 is 12.2 Å². The number of methoxy groups -OCH3 is 2. The predicted molar refractivity (Wildman–Crippen MR) is 102 cm³/mol. The van der Waals surface area contributed by atoms with Crippen LogP contribution in [0.3, 0.4) is 0 Å². The number of hydrogen-bond acceptors (Lipinski definition) is 6. The zero-order valence-electron chi connectivity index (χ0n) is 14.5. The van der Waals surface area contributed by atoms with Gasteiger partial charge in [-0.2, -0.15) is 14.9 Å². The summed E-state index contributed by atoms with van der Waals surface area (Å²) in [7, 11) is 3.09. The second kappa shape index (κ2) is 7.83. The average Bonchev–Trinajstić information content (AvgIpc) is 3.06. The zero-order chi connectivity index (χ0) is 19.4. The van der Waals surface area contributed by atoms with E-state index in [9.17, 15) is 9.90 Å². The second-order valence-corrected chi connectivity index (χ2v) is 5.76. The van der Waals surface area contributed by atoms with Gasteiger partial charge in [0.25, 0.3) is 0 Å². The molecule has 0 amide bonds. The van der Waals surface area contributed by atoms with E-state index in [-0.39, 0.29) is 10.3 Å². The lowest BCUT2D eigenvalue weighted by atomic mass is 10.1. The summed E-state index contributed by atoms with van der Waals surface area (Å²) in [4.78, 5) is 11.3. The van der Waals surface area contributed by atoms with Gasteiger partial charge in [-0.3, -0.25) is 0 Å². The van der Waals surface area contributed by atoms with Gasteiger partial charge < -0.3 is 14.6 Å². The van der Waals surface area contributed by atoms with Crippen molar-refractivity contribution in [1.82, 2.24) is 14.9 Å². The molecule has 3 rings (SSSR count). The summed E-state index contributed by atoms with van der Waals surface area (Å²) in [5.74, 6) is 0.537. The smallest absolute Gasteiger partial charge is 0.336 e. The van der Waals surface area contributed by atoms with Crippen LogP contribution in [0.5, 0.6) is 11.5 Å². The molecule has 0 aliphatic rings. The van der Waals surface area contributed by atoms with E-state index in [0.29, 0.717) is 28.5 Å². The molecule has 8 nitrogen and oxygen atoms in total. The van der Waals surface area contributed by atoms with Gasteiger partial charge in [0.2, 0.25) is 4.77 Å². The number of aromatic carboxylic acids is 1. The predicted octanol–water partition coefficient (Wildman–Crippen LogP) is 3.21. The van der Waals surface area contributed by atoms with Crippen LogP contribution in [0, 0.1) is 4.77 Å². The summed E-state index contributed by atoms with van der Waals surface area (Å²) in [5, 5.41) is 20.5. The molecule has 0 fully saturated rings. The number of nitrogens with zero attached hydrogens (tertiary/aromatic N) is 3. The number of carboxylic acids is 1. The Hall–Kier alpha value is -3.46. The first-order chi connectivity index (χ1) is 13.0. The van der Waals surface area contributed by atoms with Gasteiger partial charge in [0, 0.05) is 11.1 Å². The van der Waals surface area contributed by atoms with Gasteiger partial charge >= 0.3 is 5.97 Å². The van der Waals surface area contributed by atoms with Gasteiger partial charge in [-0.05, 0) is 36.5 Å². The van der Waals surface area contributed by atoms with Gasteiger partial charge in [0.1, 0.15) is 0 Å². The summed E-state index contributed by atoms with van der Waals surface area (Å²) in [5.41, 5.74) is 1.29. The molecule has 0 bridgehead atoms. The Kier molecular flexibility index (Phi) is 5.32. The average molecular weight is 384 g/mol. The van der Waals surface area contributed by atoms with Gasteiger partial charge in [-0.1, -0.05) is 18.2 Å². The van der Waals surface area contributed by atoms with Crippen molar-refractivity contribution in [2.75, 3.05) is 14.2 Å². The summed E-state index contributed by atoms with van der Waals surface area (Å²) in [6.45, 7) is 0. The molecule has 0 spiro atoms. The molecule has 0 atom stereocenters. The molecule has 0 saturated carbocycles. The fraction of sp³-hybridized carbons (Fsp3) is 0.111. The second-order valence-electron chi connectivity index (χ2n) is 5.37. The lowest BCUT2D eigenvalue weighted by Crippen LogP contribution is -2.02. The van der Waals surface area contributed by atoms with Crippen LogP contribution in [0.15, 0.2) is 47.6 Å². The highest BCUT2D eigenvalue weighted by molar-refractivity contribution is 7.71. The van der Waals surface area contributed by atoms with E-state index in [1.54, 1.807) is 50.6 Å². The first kappa shape index (κ1) is 18.3. The minimum Gasteiger partial charge on any atom is -0.493 e. The summed E-state index contributed by atoms with van der Waals surface area (Å²) < 4.78 is 12.2. The molecule has 3 aromatic rings. The van der Waals surface area contributed by atoms with Crippen LogP contribution in [0.1, 0.15) is 15.9 Å². The Labute approximate surface area is 159 Å². The molecule has 0 saturated heterocycles. The van der Waals surface area contributed by atoms with E-state index in [0.717, 1.165) is 0 Å². The molecule has 27 heavy (non-hydrogen) atoms. The number of carboxylic acid groups (broad SMARTS) is 1. The van der Waals surface area contributed by atoms with E-state index in [4.69, 9.17) is 21.7 Å². The molecule has 138 valence electrons. The zero-order valence-corrected chi connectivity index (χ0v) is 15.4. The van der Waals surface area contributed by atoms with Crippen LogP contribution in [0.25, 0.3) is 11.4 Å². The largest absolute Gasteiger partial charge is 0.493 e. The molecule has 0 unspecified atom stereocenters. The standard InChI is InChI=1S/C18H16N4O4S/c1-25-14-8-7-11(9-15(14)26-2)16-20-21-18(27)22(16)19-10-12-5-3-4-6-13(12)17(23)24/h3-10H,1-2H3,(H,21,27)(H,23,24)/b19-10+. The summed E-state index contributed by atoms with van der Waals surface area (Å²) in [6.07, 6.45) is 1.43. The van der Waals surface area contributed by atoms with Crippen molar-refractivity contribution in [2.45, 2.75) is 0 Å². The molecule has 9 heteroatoms. The van der Waals surface area contributed by atoms with Crippen molar-refractivity contribution in [2.24, 2.45) is 5.10 Å². The Balaban J connectivity index is 2.04. The van der Waals surface area contributed by atoms with Crippen LogP contribution in [0.2, 0.25) is 0 Å². The molecule has 2 N–H and O–H groups in total. The van der Waals surface area contributed by atoms with Crippen LogP contribution in [0.4, 0.5) is 0 Å². The molecular formula is C18H16N4O4S. The number of rotatable bonds is 6. The third kappa shape index (κ3) is 3.72. The molecule has 0 radical (unpaired) electrons. The molecule has 1 heterocycles. The SMILES string of the molecule is COc1ccc(-c2n[nH]c(=S)n2/N=C/c2ccccc2C(=O)O)cc1OC. The highest BCUT2D eigenvalue weighted by atomic mass is 32.1. The lowest BCUT2D eigenvalue weighted by Gasteiger charge is -2.09. The highest BCUT2D eigenvalue weighted by Crippen LogP contribution is 2.31. The molecule has 0 aliphatic carbocycles. The van der Waals surface area contributed by atoms with E-state index < -0.39 is 5.97 Å². The van der Waals surface area contributed by atoms with Crippen molar-refractivity contribution in [3.63, 3.8) is 0 Å². The number of aromatic amines is 1. The van der Waals surface area contributed by atoms with Crippen LogP contribution < -0.4 is 9.47 Å². The van der Waals surface area contributed by atoms with Crippen molar-refractivity contribution in [1.29, 1.82) is 0 Å². The van der Waals surface area contributed by atoms with E-state index in [1.165, 1.54) is 17.0 Å². The van der Waals surface area contributed by atoms with Crippen molar-refractivity contribution < 1.29 is 19.4 Å². The maximum atomic E-state index is 11.3. The van der Waals surface area contributed by atoms with E-state index in [1.807, 2.05) is 0 Å². The van der Waals surface area contributed by atoms with Crippen LogP contribution in [-0.2, 0) is 0 Å². The van der Waals surface area contributed by atoms with Gasteiger partial charge in [0.15, 0.2) is 17.3 Å². The van der Waals surface area contributed by atoms with Gasteiger partial charge in [-0.25, -0.2) is 9.89 Å². The number of carbonyl (C=O) groups is 1. The minimum absolute atomic E-state index is 0.143. The highest BCUT2D eigenvalue weighted by Gasteiger charge is 2.13. The van der Waals surface area contributed by atoms with Crippen molar-refractivity contribution in [3.8, 4) is 22.9 Å². The molecule has 0 aliphatic heterocycles. The topological polar surface area (TPSA) is 102 Å². The Morgan fingerprint density at radius 1 is 1.22 bits per heavy atom. The number of ether oxygens (including phenoxy) is 2. The Bertz CT molecular complexity index is 1070. The van der Waals surface area contributed by atoms with Crippen molar-refractivity contribution in [3.05, 3.63) is 58.4 Å². The van der Waals surface area contributed by atoms with E-state index >= 15 is 0 Å². The molecule has 2 aromatic carbocycles. The number of nitrogens with one attached hydrogen (secondary N) is 1. The van der Waals surface area contributed by atoms with Crippen molar-refractivity contribution >= 4 is 24.4 Å². The fourth-order valence-corrected chi connectivity index (χ4v) is 2.66. The summed E-state index contributed by atoms with van der Waals surface area (Å²) in [6, 6.07) is 11.8. The van der Waals surface area contributed by atoms with Gasteiger partial charge in [-0.15, -0.1) is 0 Å². The minimum atomic E-state index is -1.03. The molecule has 1 aromatic heterocycles. The number of benzene rings is 2. The Morgan fingerprint density at radius 2 is 1.96 bits per heavy atom. The summed E-state index contributed by atoms with van der Waals surface area (Å²) >= 11 is 5.24. The Morgan fingerprint density at radius 3 is 2.67 bits per heavy atom. The number of hydrogen-bond donors (Lipinski definition) is 2. The first-order valence-electron chi connectivity index (χ1n) is 7.81. The fourth-order valence-electron chi connectivity index (χ4n) is 2.49. The van der Waals surface area contributed by atoms with E-state index in [2.05, 4.69) is 15.3 Å². The van der Waals surface area contributed by atoms with Crippen LogP contribution in [-0.4, -0.2) is 46.4 Å². The lowest BCUT2D eigenvalue weighted by molar-refractivity contribution is 0.0696. The third-order valence-corrected chi connectivity index (χ3v) is 4.06. The quantitative estimate of drug-likeness (QED) is 0.500. The first-order valence-corrected chi connectivity index (χ1v) is 8.22. The monoisotopic (exact) mass is 384 g/mol. The third-order valence-electron chi connectivity index (χ3n) is 3.80. The maximum absolute atomic E-state index is 11.3. The number of aromatic nitrogens is 3. The number of H-pyrrole nitrogens is 1. The maximum Gasteiger partial charge on any atom is 0.336 e. The van der Waals surface area contributed by atoms with Gasteiger partial charge in [0.05, 0.1) is 26.0 Å².